The number of alkyl halides is 3. The number of nitrogen functional groups attached to an aromatic ring is 1. The van der Waals surface area contributed by atoms with E-state index in [1.54, 1.807) is 0 Å². The Morgan fingerprint density at radius 1 is 1.67 bits per heavy atom. The number of halogens is 3. The molecule has 5 nitrogen and oxygen atoms in total. The predicted molar refractivity (Wildman–Crippen MR) is 52.9 cm³/mol. The first-order chi connectivity index (χ1) is 6.97. The van der Waals surface area contributed by atoms with Gasteiger partial charge in [0.2, 0.25) is 0 Å². The summed E-state index contributed by atoms with van der Waals surface area (Å²) in [4.78, 5) is 13.2. The highest BCUT2D eigenvalue weighted by atomic mass is 79.9. The molecule has 15 heavy (non-hydrogen) atoms. The van der Waals surface area contributed by atoms with Gasteiger partial charge in [0.05, 0.1) is 16.6 Å². The molecule has 0 saturated carbocycles. The third kappa shape index (κ3) is 2.38. The van der Waals surface area contributed by atoms with E-state index >= 15 is 0 Å². The van der Waals surface area contributed by atoms with Crippen LogP contribution in [0.5, 0.6) is 0 Å². The summed E-state index contributed by atoms with van der Waals surface area (Å²) in [6, 6.07) is 0.961. The van der Waals surface area contributed by atoms with Crippen LogP contribution in [0.15, 0.2) is 6.07 Å². The lowest BCUT2D eigenvalue weighted by Gasteiger charge is -2.06. The van der Waals surface area contributed by atoms with Gasteiger partial charge in [-0.15, -0.1) is 0 Å². The molecule has 0 aliphatic rings. The molecule has 0 radical (unpaired) electrons. The van der Waals surface area contributed by atoms with Crippen molar-refractivity contribution in [1.29, 1.82) is 0 Å². The lowest BCUT2D eigenvalue weighted by atomic mass is 10.2. The maximum Gasteiger partial charge on any atom is 0.281 e. The third-order valence-electron chi connectivity index (χ3n) is 1.69. The van der Waals surface area contributed by atoms with Crippen molar-refractivity contribution in [3.8, 4) is 0 Å². The van der Waals surface area contributed by atoms with Gasteiger partial charge in [0.15, 0.2) is 0 Å². The van der Waals surface area contributed by atoms with Crippen molar-refractivity contribution < 1.29 is 13.7 Å². The topological polar surface area (TPSA) is 82.0 Å². The summed E-state index contributed by atoms with van der Waals surface area (Å²) >= 11 is 2.90. The first kappa shape index (κ1) is 11.8. The van der Waals surface area contributed by atoms with E-state index in [1.165, 1.54) is 0 Å². The number of aromatic nitrogens is 1. The van der Waals surface area contributed by atoms with Crippen LogP contribution < -0.4 is 5.73 Å². The molecule has 0 aliphatic heterocycles. The molecule has 0 fully saturated rings. The SMILES string of the molecule is Nc1cc([N+](=O)[O-])c(CBr)c(C(F)F)n1. The number of hydrogen-bond acceptors (Lipinski definition) is 4. The molecule has 0 atom stereocenters. The standard InChI is InChI=1S/C7H6BrF2N3O2/c8-2-3-4(13(14)15)1-5(11)12-6(3)7(9)10/h1,7H,2H2,(H2,11,12). The normalized spacial score (nSPS) is 10.7. The smallest absolute Gasteiger partial charge is 0.281 e. The fourth-order valence-electron chi connectivity index (χ4n) is 1.08. The monoisotopic (exact) mass is 281 g/mol. The van der Waals surface area contributed by atoms with E-state index in [0.29, 0.717) is 0 Å². The van der Waals surface area contributed by atoms with Crippen molar-refractivity contribution in [3.63, 3.8) is 0 Å². The molecular weight excluding hydrogens is 276 g/mol. The van der Waals surface area contributed by atoms with Crippen LogP contribution in [0.4, 0.5) is 20.3 Å². The predicted octanol–water partition coefficient (Wildman–Crippen LogP) is 2.40. The molecule has 1 aromatic rings. The Hall–Kier alpha value is -1.31. The summed E-state index contributed by atoms with van der Waals surface area (Å²) in [6.07, 6.45) is -2.89. The lowest BCUT2D eigenvalue weighted by molar-refractivity contribution is -0.385. The van der Waals surface area contributed by atoms with Gasteiger partial charge in [-0.1, -0.05) is 15.9 Å². The number of anilines is 1. The highest BCUT2D eigenvalue weighted by molar-refractivity contribution is 9.08. The van der Waals surface area contributed by atoms with E-state index < -0.39 is 22.7 Å². The second-order valence-electron chi connectivity index (χ2n) is 2.62. The number of rotatable bonds is 3. The highest BCUT2D eigenvalue weighted by Gasteiger charge is 2.24. The molecule has 1 heterocycles. The summed E-state index contributed by atoms with van der Waals surface area (Å²) < 4.78 is 25.0. The molecular formula is C7H6BrF2N3O2. The molecule has 0 unspecified atom stereocenters. The van der Waals surface area contributed by atoms with Gasteiger partial charge < -0.3 is 5.73 Å². The van der Waals surface area contributed by atoms with Gasteiger partial charge in [0.1, 0.15) is 11.5 Å². The fourth-order valence-corrected chi connectivity index (χ4v) is 1.65. The minimum atomic E-state index is -2.89. The molecule has 0 saturated heterocycles. The second-order valence-corrected chi connectivity index (χ2v) is 3.18. The quantitative estimate of drug-likeness (QED) is 0.524. The minimum absolute atomic E-state index is 0.0731. The Bertz CT molecular complexity index is 400. The first-order valence-corrected chi connectivity index (χ1v) is 4.87. The summed E-state index contributed by atoms with van der Waals surface area (Å²) in [6.45, 7) is 0. The van der Waals surface area contributed by atoms with Crippen LogP contribution in [-0.4, -0.2) is 9.91 Å². The summed E-state index contributed by atoms with van der Waals surface area (Å²) in [5, 5.41) is 10.5. The van der Waals surface area contributed by atoms with Gasteiger partial charge in [-0.05, 0) is 0 Å². The van der Waals surface area contributed by atoms with Crippen LogP contribution in [0.1, 0.15) is 17.7 Å². The van der Waals surface area contributed by atoms with Crippen LogP contribution in [0.3, 0.4) is 0 Å². The maximum atomic E-state index is 12.5. The van der Waals surface area contributed by atoms with Crippen molar-refractivity contribution in [2.45, 2.75) is 11.8 Å². The largest absolute Gasteiger partial charge is 0.383 e. The average molecular weight is 282 g/mol. The fraction of sp³-hybridized carbons (Fsp3) is 0.286. The molecule has 0 aromatic carbocycles. The number of pyridine rings is 1. The average Bonchev–Trinajstić information content (AvgIpc) is 2.16. The molecule has 2 N–H and O–H groups in total. The number of nitrogens with two attached hydrogens (primary N) is 1. The van der Waals surface area contributed by atoms with E-state index in [-0.39, 0.29) is 16.7 Å². The number of hydrogen-bond donors (Lipinski definition) is 1. The van der Waals surface area contributed by atoms with Gasteiger partial charge >= 0.3 is 0 Å². The van der Waals surface area contributed by atoms with E-state index in [9.17, 15) is 18.9 Å². The first-order valence-electron chi connectivity index (χ1n) is 3.75. The molecule has 0 amide bonds. The van der Waals surface area contributed by atoms with Crippen LogP contribution in [0, 0.1) is 10.1 Å². The van der Waals surface area contributed by atoms with E-state index in [1.807, 2.05) is 0 Å². The zero-order valence-electron chi connectivity index (χ0n) is 7.28. The van der Waals surface area contributed by atoms with Gasteiger partial charge in [-0.2, -0.15) is 0 Å². The summed E-state index contributed by atoms with van der Waals surface area (Å²) in [5.74, 6) is -0.290. The van der Waals surface area contributed by atoms with Crippen LogP contribution >= 0.6 is 15.9 Å². The Morgan fingerprint density at radius 3 is 2.67 bits per heavy atom. The minimum Gasteiger partial charge on any atom is -0.383 e. The molecule has 0 spiro atoms. The van der Waals surface area contributed by atoms with Crippen molar-refractivity contribution in [2.24, 2.45) is 0 Å². The molecule has 0 bridgehead atoms. The summed E-state index contributed by atoms with van der Waals surface area (Å²) in [7, 11) is 0. The Kier molecular flexibility index (Phi) is 3.51. The van der Waals surface area contributed by atoms with Crippen LogP contribution in [-0.2, 0) is 5.33 Å². The lowest BCUT2D eigenvalue weighted by Crippen LogP contribution is -2.05. The van der Waals surface area contributed by atoms with Crippen molar-refractivity contribution in [2.75, 3.05) is 5.73 Å². The Balaban J connectivity index is 3.45. The van der Waals surface area contributed by atoms with Crippen molar-refractivity contribution in [1.82, 2.24) is 4.98 Å². The maximum absolute atomic E-state index is 12.5. The highest BCUT2D eigenvalue weighted by Crippen LogP contribution is 2.31. The van der Waals surface area contributed by atoms with Crippen LogP contribution in [0.2, 0.25) is 0 Å². The third-order valence-corrected chi connectivity index (χ3v) is 2.25. The molecule has 82 valence electrons. The van der Waals surface area contributed by atoms with Crippen molar-refractivity contribution in [3.05, 3.63) is 27.4 Å². The van der Waals surface area contributed by atoms with Gasteiger partial charge in [-0.3, -0.25) is 10.1 Å². The zero-order valence-corrected chi connectivity index (χ0v) is 8.87. The zero-order chi connectivity index (χ0) is 11.6. The molecule has 1 rings (SSSR count). The van der Waals surface area contributed by atoms with Gasteiger partial charge in [-0.25, -0.2) is 13.8 Å². The molecule has 1 aromatic heterocycles. The Morgan fingerprint density at radius 2 is 2.27 bits per heavy atom. The number of nitro groups is 1. The number of nitrogens with zero attached hydrogens (tertiary/aromatic N) is 2. The molecule has 8 heteroatoms. The van der Waals surface area contributed by atoms with Gasteiger partial charge in [0, 0.05) is 5.33 Å². The van der Waals surface area contributed by atoms with Crippen LogP contribution in [0.25, 0.3) is 0 Å². The van der Waals surface area contributed by atoms with E-state index in [4.69, 9.17) is 5.73 Å². The summed E-state index contributed by atoms with van der Waals surface area (Å²) in [5.41, 5.74) is 3.94. The van der Waals surface area contributed by atoms with Gasteiger partial charge in [0.25, 0.3) is 12.1 Å². The Labute approximate surface area is 91.6 Å². The van der Waals surface area contributed by atoms with Crippen molar-refractivity contribution >= 4 is 27.4 Å². The van der Waals surface area contributed by atoms with E-state index in [2.05, 4.69) is 20.9 Å². The molecule has 0 aliphatic carbocycles. The van der Waals surface area contributed by atoms with E-state index in [0.717, 1.165) is 6.07 Å². The second kappa shape index (κ2) is 4.47.